The van der Waals surface area contributed by atoms with Crippen molar-refractivity contribution >= 4 is 36.4 Å². The summed E-state index contributed by atoms with van der Waals surface area (Å²) in [4.78, 5) is 25.4. The minimum absolute atomic E-state index is 0.0788. The van der Waals surface area contributed by atoms with Crippen LogP contribution in [0.25, 0.3) is 11.2 Å². The van der Waals surface area contributed by atoms with Gasteiger partial charge in [0, 0.05) is 13.0 Å². The van der Waals surface area contributed by atoms with E-state index < -0.39 is 19.5 Å². The first-order chi connectivity index (χ1) is 18.1. The van der Waals surface area contributed by atoms with E-state index >= 15 is 0 Å². The van der Waals surface area contributed by atoms with Crippen molar-refractivity contribution in [1.29, 1.82) is 0 Å². The number of imidazole rings is 1. The Kier molecular flexibility index (Phi) is 8.67. The molecule has 1 fully saturated rings. The number of hydrogen-bond acceptors (Lipinski definition) is 10. The van der Waals surface area contributed by atoms with Crippen molar-refractivity contribution in [3.8, 4) is 0 Å². The molecule has 3 heterocycles. The van der Waals surface area contributed by atoms with Gasteiger partial charge in [-0.2, -0.15) is 9.97 Å². The first-order valence-corrected chi connectivity index (χ1v) is 14.5. The van der Waals surface area contributed by atoms with Crippen molar-refractivity contribution in [2.24, 2.45) is 5.92 Å². The fourth-order valence-electron chi connectivity index (χ4n) is 4.50. The van der Waals surface area contributed by atoms with Crippen molar-refractivity contribution in [2.75, 3.05) is 24.7 Å². The van der Waals surface area contributed by atoms with Gasteiger partial charge in [0.25, 0.3) is 7.52 Å². The van der Waals surface area contributed by atoms with Gasteiger partial charge in [-0.25, -0.2) is 10.1 Å². The van der Waals surface area contributed by atoms with Crippen molar-refractivity contribution < 1.29 is 23.4 Å². The van der Waals surface area contributed by atoms with E-state index in [9.17, 15) is 9.36 Å². The number of anilines is 2. The molecule has 5 atom stereocenters. The number of nitrogens with zero attached hydrogens (tertiary/aromatic N) is 4. The van der Waals surface area contributed by atoms with E-state index in [4.69, 9.17) is 19.7 Å². The molecule has 1 saturated heterocycles. The summed E-state index contributed by atoms with van der Waals surface area (Å²) in [6, 6.07) is 8.55. The van der Waals surface area contributed by atoms with Crippen LogP contribution >= 0.6 is 7.52 Å². The van der Waals surface area contributed by atoms with Crippen molar-refractivity contribution in [2.45, 2.75) is 64.8 Å². The number of ether oxygens (including phenoxy) is 2. The van der Waals surface area contributed by atoms with Crippen LogP contribution in [-0.2, 0) is 29.5 Å². The molecule has 1 aromatic carbocycles. The van der Waals surface area contributed by atoms with E-state index in [0.29, 0.717) is 23.4 Å². The third kappa shape index (κ3) is 6.50. The molecule has 4 N–H and O–H groups in total. The molecule has 0 aliphatic carbocycles. The van der Waals surface area contributed by atoms with Crippen molar-refractivity contribution in [3.05, 3.63) is 42.2 Å². The van der Waals surface area contributed by atoms with E-state index in [1.165, 1.54) is 0 Å². The predicted octanol–water partition coefficient (Wildman–Crippen LogP) is 3.71. The van der Waals surface area contributed by atoms with Crippen LogP contribution in [0.4, 0.5) is 11.8 Å². The molecule has 3 aromatic rings. The summed E-state index contributed by atoms with van der Waals surface area (Å²) in [5.74, 6) is 0.274. The van der Waals surface area contributed by atoms with Crippen molar-refractivity contribution in [1.82, 2.24) is 24.6 Å². The van der Waals surface area contributed by atoms with Crippen LogP contribution in [0.1, 0.15) is 45.9 Å². The van der Waals surface area contributed by atoms with Gasteiger partial charge in [-0.05, 0) is 32.8 Å². The first kappa shape index (κ1) is 28.0. The van der Waals surface area contributed by atoms with Gasteiger partial charge >= 0.3 is 5.97 Å². The largest absolute Gasteiger partial charge is 0.462 e. The summed E-state index contributed by atoms with van der Waals surface area (Å²) >= 11 is 0. The smallest absolute Gasteiger partial charge is 0.323 e. The number of nitrogens with one attached hydrogen (secondary N) is 2. The maximum Gasteiger partial charge on any atom is 0.323 e. The molecule has 13 heteroatoms. The summed E-state index contributed by atoms with van der Waals surface area (Å²) in [7, 11) is -1.75. The van der Waals surface area contributed by atoms with Gasteiger partial charge in [0.05, 0.1) is 31.3 Å². The van der Waals surface area contributed by atoms with E-state index in [-0.39, 0.29) is 43.1 Å². The zero-order chi connectivity index (χ0) is 27.4. The number of esters is 1. The third-order valence-corrected chi connectivity index (χ3v) is 8.33. The second-order valence-electron chi connectivity index (χ2n) is 9.82. The lowest BCUT2D eigenvalue weighted by molar-refractivity contribution is -0.149. The van der Waals surface area contributed by atoms with Gasteiger partial charge in [0.2, 0.25) is 5.95 Å². The quantitative estimate of drug-likeness (QED) is 0.238. The van der Waals surface area contributed by atoms with E-state index in [0.717, 1.165) is 5.56 Å². The van der Waals surface area contributed by atoms with Crippen LogP contribution in [-0.4, -0.2) is 57.4 Å². The summed E-state index contributed by atoms with van der Waals surface area (Å²) in [6.07, 6.45) is 1.46. The van der Waals surface area contributed by atoms with Gasteiger partial charge in [-0.1, -0.05) is 37.3 Å². The van der Waals surface area contributed by atoms with Gasteiger partial charge < -0.3 is 25.0 Å². The monoisotopic (exact) mass is 545 g/mol. The Morgan fingerprint density at radius 2 is 2.00 bits per heavy atom. The Hall–Kier alpha value is -3.05. The summed E-state index contributed by atoms with van der Waals surface area (Å²) in [5.41, 5.74) is 7.89. The van der Waals surface area contributed by atoms with Crippen LogP contribution in [0.15, 0.2) is 36.7 Å². The standard InChI is InChI=1S/C25H36N7O5P/c1-15(2)36-24(33)17(4)31-38(34,13-18-9-7-6-8-10-18)35-12-19-11-16(3)23(37-19)32-14-28-20-21(27-5)29-25(26)30-22(20)32/h6-10,14-17,19,23H,11-13H2,1-5H3,(H,31,34)(H3,26,27,29,30)/t16-,17+,19-,23+,38?/m0/s1. The van der Waals surface area contributed by atoms with Crippen LogP contribution in [0.5, 0.6) is 0 Å². The van der Waals surface area contributed by atoms with Gasteiger partial charge in [-0.15, -0.1) is 0 Å². The Morgan fingerprint density at radius 3 is 2.68 bits per heavy atom. The first-order valence-electron chi connectivity index (χ1n) is 12.7. The number of nitrogens with two attached hydrogens (primary N) is 1. The molecule has 0 saturated carbocycles. The highest BCUT2D eigenvalue weighted by molar-refractivity contribution is 7.56. The van der Waals surface area contributed by atoms with Crippen LogP contribution in [0.2, 0.25) is 0 Å². The third-order valence-electron chi connectivity index (χ3n) is 6.20. The highest BCUT2D eigenvalue weighted by Gasteiger charge is 2.37. The Morgan fingerprint density at radius 1 is 1.26 bits per heavy atom. The Bertz CT molecular complexity index is 1300. The van der Waals surface area contributed by atoms with Crippen LogP contribution in [0, 0.1) is 5.92 Å². The van der Waals surface area contributed by atoms with Crippen molar-refractivity contribution in [3.63, 3.8) is 0 Å². The van der Waals surface area contributed by atoms with Crippen LogP contribution < -0.4 is 16.1 Å². The number of benzene rings is 1. The number of carbonyl (C=O) groups is 1. The molecule has 0 amide bonds. The minimum atomic E-state index is -3.50. The molecule has 206 valence electrons. The predicted molar refractivity (Wildman–Crippen MR) is 145 cm³/mol. The molecule has 1 unspecified atom stereocenters. The van der Waals surface area contributed by atoms with Gasteiger partial charge in [-0.3, -0.25) is 13.9 Å². The highest BCUT2D eigenvalue weighted by Crippen LogP contribution is 2.48. The lowest BCUT2D eigenvalue weighted by Crippen LogP contribution is -2.36. The number of rotatable bonds is 11. The minimum Gasteiger partial charge on any atom is -0.462 e. The average molecular weight is 546 g/mol. The van der Waals surface area contributed by atoms with Gasteiger partial charge in [0.15, 0.2) is 17.0 Å². The number of fused-ring (bicyclic) bond motifs is 1. The molecule has 1 aliphatic heterocycles. The Balaban J connectivity index is 1.48. The second-order valence-corrected chi connectivity index (χ2v) is 12.0. The van der Waals surface area contributed by atoms with Crippen LogP contribution in [0.3, 0.4) is 0 Å². The lowest BCUT2D eigenvalue weighted by atomic mass is 10.1. The number of nitrogen functional groups attached to an aromatic ring is 1. The van der Waals surface area contributed by atoms with Gasteiger partial charge in [0.1, 0.15) is 12.3 Å². The van der Waals surface area contributed by atoms with E-state index in [1.807, 2.05) is 34.9 Å². The normalized spacial score (nSPS) is 21.9. The molecule has 4 rings (SSSR count). The SMILES string of the molecule is CNc1nc(N)nc2c1ncn2[C@@H]1O[C@H](COP(=O)(Cc2ccccc2)N[C@H](C)C(=O)OC(C)C)C[C@@H]1C. The molecule has 0 spiro atoms. The number of aromatic nitrogens is 4. The maximum atomic E-state index is 14.0. The topological polar surface area (TPSA) is 156 Å². The van der Waals surface area contributed by atoms with E-state index in [2.05, 4.69) is 32.3 Å². The lowest BCUT2D eigenvalue weighted by Gasteiger charge is -2.25. The number of hydrogen-bond donors (Lipinski definition) is 3. The highest BCUT2D eigenvalue weighted by atomic mass is 31.2. The maximum absolute atomic E-state index is 14.0. The molecule has 0 radical (unpaired) electrons. The fraction of sp³-hybridized carbons (Fsp3) is 0.520. The summed E-state index contributed by atoms with van der Waals surface area (Å²) in [6.45, 7) is 7.29. The average Bonchev–Trinajstić information content (AvgIpc) is 3.45. The molecule has 2 aromatic heterocycles. The molecule has 38 heavy (non-hydrogen) atoms. The zero-order valence-electron chi connectivity index (χ0n) is 22.3. The summed E-state index contributed by atoms with van der Waals surface area (Å²) in [5, 5.41) is 5.90. The summed E-state index contributed by atoms with van der Waals surface area (Å²) < 4.78 is 33.4. The number of carbonyl (C=O) groups excluding carboxylic acids is 1. The molecule has 12 nitrogen and oxygen atoms in total. The zero-order valence-corrected chi connectivity index (χ0v) is 23.2. The van der Waals surface area contributed by atoms with E-state index in [1.54, 1.807) is 34.1 Å². The molecular weight excluding hydrogens is 509 g/mol. The Labute approximate surface area is 222 Å². The second kappa shape index (κ2) is 11.8. The molecular formula is C25H36N7O5P. The fourth-order valence-corrected chi connectivity index (χ4v) is 6.55. The molecule has 1 aliphatic rings. The molecule has 0 bridgehead atoms.